The van der Waals surface area contributed by atoms with Gasteiger partial charge in [0.25, 0.3) is 0 Å². The zero-order valence-corrected chi connectivity index (χ0v) is 14.1. The zero-order valence-electron chi connectivity index (χ0n) is 9.58. The zero-order chi connectivity index (χ0) is 10.9. The fraction of sp³-hybridized carbons (Fsp3) is 1.00. The van der Waals surface area contributed by atoms with E-state index in [-0.39, 0.29) is 29.6 Å². The van der Waals surface area contributed by atoms with Crippen LogP contribution >= 0.6 is 17.1 Å². The van der Waals surface area contributed by atoms with Crippen LogP contribution in [0.1, 0.15) is 25.7 Å². The molecule has 2 aliphatic carbocycles. The monoisotopic (exact) mass is 289 g/mol. The van der Waals surface area contributed by atoms with E-state index in [9.17, 15) is 0 Å². The Hall–Kier alpha value is 1.88. The number of nitrogens with zero attached hydrogens (tertiary/aromatic N) is 1. The van der Waals surface area contributed by atoms with Gasteiger partial charge in [0.05, 0.1) is 0 Å². The first kappa shape index (κ1) is 15.9. The number of rotatable bonds is 5. The first-order chi connectivity index (χ1) is 7.04. The molecule has 2 saturated carbocycles. The molecule has 0 heterocycles. The van der Waals surface area contributed by atoms with Gasteiger partial charge in [0, 0.05) is 0 Å². The third kappa shape index (κ3) is 4.87. The van der Waals surface area contributed by atoms with Crippen molar-refractivity contribution in [3.8, 4) is 0 Å². The van der Waals surface area contributed by atoms with Gasteiger partial charge in [0.15, 0.2) is 0 Å². The summed E-state index contributed by atoms with van der Waals surface area (Å²) in [5.41, 5.74) is -3.05. The van der Waals surface area contributed by atoms with Crippen molar-refractivity contribution in [1.29, 1.82) is 0 Å². The van der Waals surface area contributed by atoms with E-state index in [1.807, 2.05) is 0 Å². The molecule has 7 heteroatoms. The Kier molecular flexibility index (Phi) is 6.85. The van der Waals surface area contributed by atoms with E-state index in [1.54, 1.807) is 0 Å². The van der Waals surface area contributed by atoms with Crippen molar-refractivity contribution < 1.29 is 39.3 Å². The van der Waals surface area contributed by atoms with Gasteiger partial charge < -0.3 is 15.1 Å². The summed E-state index contributed by atoms with van der Waals surface area (Å²) in [5, 5.41) is 4.64. The molecule has 3 unspecified atom stereocenters. The van der Waals surface area contributed by atoms with Gasteiger partial charge in [-0.15, -0.1) is 12.6 Å². The summed E-state index contributed by atoms with van der Waals surface area (Å²) in [7, 11) is 0. The van der Waals surface area contributed by atoms with Gasteiger partial charge in [-0.1, -0.05) is 36.6 Å². The Morgan fingerprint density at radius 1 is 1.31 bits per heavy atom. The van der Waals surface area contributed by atoms with Gasteiger partial charge in [-0.05, 0) is 29.9 Å². The van der Waals surface area contributed by atoms with Gasteiger partial charge in [-0.2, -0.15) is 0 Å². The Morgan fingerprint density at radius 2 is 2.06 bits per heavy atom. The van der Waals surface area contributed by atoms with Crippen LogP contribution in [0.5, 0.6) is 0 Å². The molecule has 0 aromatic carbocycles. The van der Waals surface area contributed by atoms with Crippen LogP contribution < -0.4 is 29.6 Å². The van der Waals surface area contributed by atoms with Crippen LogP contribution in [0.15, 0.2) is 0 Å². The summed E-state index contributed by atoms with van der Waals surface area (Å²) >= 11 is 5.61. The van der Waals surface area contributed by atoms with Crippen LogP contribution in [0.4, 0.5) is 0 Å². The van der Waals surface area contributed by atoms with Crippen LogP contribution in [0.3, 0.4) is 0 Å². The second-order valence-corrected chi connectivity index (χ2v) is 10.6. The maximum Gasteiger partial charge on any atom is 1.00 e. The molecule has 3 atom stereocenters. The van der Waals surface area contributed by atoms with Crippen molar-refractivity contribution in [1.82, 2.24) is 0 Å². The van der Waals surface area contributed by atoms with Crippen molar-refractivity contribution in [2.24, 2.45) is 11.8 Å². The smallest absolute Gasteiger partial charge is 0.659 e. The van der Waals surface area contributed by atoms with Gasteiger partial charge in [-0.25, -0.2) is 0 Å². The molecule has 0 amide bonds. The second-order valence-electron chi connectivity index (χ2n) is 4.47. The standard InChI is InChI=1S/C9H17NO2PS2.Na/c11-13(12,14)15-4-3-10-9-6-7-1-2-8(9)5-7;/h7-9H,1-6H2,(H2,11,12,14);/q-1;+1. The van der Waals surface area contributed by atoms with Gasteiger partial charge >= 0.3 is 29.6 Å². The molecule has 2 aliphatic rings. The van der Waals surface area contributed by atoms with Crippen molar-refractivity contribution in [2.75, 3.05) is 12.3 Å². The number of hydrogen-bond acceptors (Lipinski definition) is 2. The Bertz CT molecular complexity index is 276. The van der Waals surface area contributed by atoms with E-state index in [4.69, 9.17) is 9.79 Å². The van der Waals surface area contributed by atoms with Gasteiger partial charge in [0.2, 0.25) is 5.69 Å². The second kappa shape index (κ2) is 6.88. The van der Waals surface area contributed by atoms with Crippen molar-refractivity contribution in [3.05, 3.63) is 5.32 Å². The normalized spacial score (nSPS) is 32.8. The van der Waals surface area contributed by atoms with Crippen LogP contribution in [-0.2, 0) is 11.8 Å². The number of fused-ring (bicyclic) bond motifs is 2. The Morgan fingerprint density at radius 3 is 2.56 bits per heavy atom. The molecule has 0 aromatic heterocycles. The Labute approximate surface area is 128 Å². The van der Waals surface area contributed by atoms with Gasteiger partial charge in [0.1, 0.15) is 0 Å². The molecule has 0 saturated heterocycles. The minimum Gasteiger partial charge on any atom is -0.659 e. The molecule has 0 radical (unpaired) electrons. The molecule has 0 aliphatic heterocycles. The molecule has 3 nitrogen and oxygen atoms in total. The minimum absolute atomic E-state index is 0. The summed E-state index contributed by atoms with van der Waals surface area (Å²) in [6.45, 7) is 0.720. The van der Waals surface area contributed by atoms with Gasteiger partial charge in [-0.3, -0.25) is 0 Å². The van der Waals surface area contributed by atoms with Crippen molar-refractivity contribution in [3.63, 3.8) is 0 Å². The predicted octanol–water partition coefficient (Wildman–Crippen LogP) is -0.505. The first-order valence-corrected chi connectivity index (χ1v) is 9.71. The summed E-state index contributed by atoms with van der Waals surface area (Å²) in [5.74, 6) is 2.40. The van der Waals surface area contributed by atoms with E-state index >= 15 is 0 Å². The molecule has 2 fully saturated rings. The van der Waals surface area contributed by atoms with Crippen LogP contribution in [0, 0.1) is 11.8 Å². The fourth-order valence-corrected chi connectivity index (χ4v) is 4.87. The fourth-order valence-electron chi connectivity index (χ4n) is 2.81. The molecule has 88 valence electrons. The van der Waals surface area contributed by atoms with Crippen molar-refractivity contribution in [2.45, 2.75) is 31.7 Å². The van der Waals surface area contributed by atoms with E-state index in [2.05, 4.69) is 17.1 Å². The average molecular weight is 289 g/mol. The molecule has 16 heavy (non-hydrogen) atoms. The molecule has 0 spiro atoms. The van der Waals surface area contributed by atoms with Crippen LogP contribution in [0.2, 0.25) is 0 Å². The molecule has 0 aromatic rings. The van der Waals surface area contributed by atoms with E-state index in [0.717, 1.165) is 29.8 Å². The molecule has 2 bridgehead atoms. The molecular formula is C9H17NNaO2PS2. The summed E-state index contributed by atoms with van der Waals surface area (Å²) in [4.78, 5) is 18.0. The number of hydrogen-bond donors (Lipinski definition) is 2. The maximum atomic E-state index is 9.02. The third-order valence-corrected chi connectivity index (χ3v) is 6.62. The summed E-state index contributed by atoms with van der Waals surface area (Å²) < 4.78 is 0. The van der Waals surface area contributed by atoms with Crippen LogP contribution in [-0.4, -0.2) is 28.1 Å². The summed E-state index contributed by atoms with van der Waals surface area (Å²) in [6.07, 6.45) is 5.39. The molecular weight excluding hydrogens is 272 g/mol. The first-order valence-electron chi connectivity index (χ1n) is 5.41. The van der Waals surface area contributed by atoms with Crippen molar-refractivity contribution >= 4 is 28.9 Å². The summed E-state index contributed by atoms with van der Waals surface area (Å²) in [6, 6.07) is 0.555. The maximum absolute atomic E-state index is 9.02. The third-order valence-electron chi connectivity index (χ3n) is 3.42. The average Bonchev–Trinajstić information content (AvgIpc) is 2.71. The largest absolute Gasteiger partial charge is 1.00 e. The molecule has 2 rings (SSSR count). The minimum atomic E-state index is -3.05. The topological polar surface area (TPSA) is 54.6 Å². The van der Waals surface area contributed by atoms with Crippen LogP contribution in [0.25, 0.3) is 5.32 Å². The SMILES string of the molecule is OP(O)(=S)SCC[N-]C1CC2CCC1C2.[Na+]. The Balaban J connectivity index is 0.00000128. The van der Waals surface area contributed by atoms with E-state index in [1.165, 1.54) is 25.7 Å². The van der Waals surface area contributed by atoms with E-state index < -0.39 is 5.69 Å². The quantitative estimate of drug-likeness (QED) is 0.407. The predicted molar refractivity (Wildman–Crippen MR) is 68.6 cm³/mol. The molecule has 2 N–H and O–H groups in total. The van der Waals surface area contributed by atoms with E-state index in [0.29, 0.717) is 11.8 Å².